The lowest BCUT2D eigenvalue weighted by Gasteiger charge is -2.14. The van der Waals surface area contributed by atoms with E-state index in [0.717, 1.165) is 11.1 Å². The number of hydrogen-bond acceptors (Lipinski definition) is 6. The van der Waals surface area contributed by atoms with E-state index in [4.69, 9.17) is 4.74 Å². The van der Waals surface area contributed by atoms with Crippen molar-refractivity contribution in [3.63, 3.8) is 0 Å². The molecule has 1 aromatic heterocycles. The molecule has 0 spiro atoms. The van der Waals surface area contributed by atoms with Crippen LogP contribution < -0.4 is 15.5 Å². The van der Waals surface area contributed by atoms with Gasteiger partial charge in [0.25, 0.3) is 11.6 Å². The first-order chi connectivity index (χ1) is 16.8. The van der Waals surface area contributed by atoms with Gasteiger partial charge in [-0.3, -0.25) is 19.7 Å². The zero-order chi connectivity index (χ0) is 24.9. The number of benzene rings is 3. The van der Waals surface area contributed by atoms with Gasteiger partial charge in [-0.25, -0.2) is 4.68 Å². The fourth-order valence-electron chi connectivity index (χ4n) is 3.52. The summed E-state index contributed by atoms with van der Waals surface area (Å²) in [5.41, 5.74) is 1.55. The maximum Gasteiger partial charge on any atom is 0.294 e. The summed E-state index contributed by atoms with van der Waals surface area (Å²) >= 11 is 0. The molecular weight excluding hydrogens is 448 g/mol. The molecule has 0 fully saturated rings. The van der Waals surface area contributed by atoms with Crippen molar-refractivity contribution in [2.45, 2.75) is 20.5 Å². The van der Waals surface area contributed by atoms with Crippen LogP contribution in [0.3, 0.4) is 0 Å². The Morgan fingerprint density at radius 1 is 1.03 bits per heavy atom. The molecule has 0 aliphatic rings. The Morgan fingerprint density at radius 2 is 1.74 bits per heavy atom. The van der Waals surface area contributed by atoms with Crippen LogP contribution in [0.2, 0.25) is 0 Å². The Balaban J connectivity index is 1.66. The van der Waals surface area contributed by atoms with Gasteiger partial charge in [0.1, 0.15) is 18.0 Å². The van der Waals surface area contributed by atoms with Crippen molar-refractivity contribution < 1.29 is 14.5 Å². The lowest BCUT2D eigenvalue weighted by atomic mass is 10.2. The van der Waals surface area contributed by atoms with E-state index < -0.39 is 22.0 Å². The van der Waals surface area contributed by atoms with Crippen LogP contribution in [0.15, 0.2) is 83.7 Å². The van der Waals surface area contributed by atoms with Crippen LogP contribution in [0.4, 0.5) is 11.4 Å². The third kappa shape index (κ3) is 5.25. The number of nitrogens with one attached hydrogen (secondary N) is 1. The van der Waals surface area contributed by atoms with Gasteiger partial charge in [-0.05, 0) is 43.2 Å². The fraction of sp³-hybridized carbons (Fsp3) is 0.115. The number of carbonyl (C=O) groups is 1. The van der Waals surface area contributed by atoms with Crippen molar-refractivity contribution in [1.29, 1.82) is 0 Å². The lowest BCUT2D eigenvalue weighted by Crippen LogP contribution is -2.27. The quantitative estimate of drug-likeness (QED) is 0.312. The molecule has 9 nitrogen and oxygen atoms in total. The van der Waals surface area contributed by atoms with Crippen molar-refractivity contribution in [2.24, 2.45) is 0 Å². The minimum atomic E-state index is -0.754. The van der Waals surface area contributed by atoms with Gasteiger partial charge >= 0.3 is 0 Å². The average molecular weight is 470 g/mol. The van der Waals surface area contributed by atoms with E-state index in [1.54, 1.807) is 31.2 Å². The van der Waals surface area contributed by atoms with Crippen LogP contribution >= 0.6 is 0 Å². The number of aromatic nitrogens is 2. The van der Waals surface area contributed by atoms with Crippen LogP contribution in [0.1, 0.15) is 27.3 Å². The van der Waals surface area contributed by atoms with E-state index in [0.29, 0.717) is 23.7 Å². The van der Waals surface area contributed by atoms with Gasteiger partial charge in [0, 0.05) is 17.8 Å². The molecule has 0 aliphatic heterocycles. The molecule has 4 aromatic rings. The highest BCUT2D eigenvalue weighted by Crippen LogP contribution is 2.27. The number of anilines is 1. The maximum absolute atomic E-state index is 13.1. The van der Waals surface area contributed by atoms with Crippen LogP contribution in [0.5, 0.6) is 5.75 Å². The van der Waals surface area contributed by atoms with E-state index in [1.807, 2.05) is 37.3 Å². The molecular formula is C26H22N4O5. The van der Waals surface area contributed by atoms with Crippen LogP contribution in [-0.4, -0.2) is 20.6 Å². The van der Waals surface area contributed by atoms with Gasteiger partial charge in [-0.1, -0.05) is 48.5 Å². The number of hydrogen-bond donors (Lipinski definition) is 1. The van der Waals surface area contributed by atoms with Crippen molar-refractivity contribution in [3.8, 4) is 11.4 Å². The summed E-state index contributed by atoms with van der Waals surface area (Å²) in [4.78, 5) is 36.6. The largest absolute Gasteiger partial charge is 0.487 e. The molecule has 4 rings (SSSR count). The summed E-state index contributed by atoms with van der Waals surface area (Å²) in [6.07, 6.45) is 0. The van der Waals surface area contributed by atoms with Crippen LogP contribution in [0.25, 0.3) is 5.69 Å². The third-order valence-electron chi connectivity index (χ3n) is 5.25. The summed E-state index contributed by atoms with van der Waals surface area (Å²) in [5.74, 6) is -0.316. The maximum atomic E-state index is 13.1. The second kappa shape index (κ2) is 10.0. The van der Waals surface area contributed by atoms with E-state index in [1.165, 1.54) is 28.9 Å². The third-order valence-corrected chi connectivity index (χ3v) is 5.25. The van der Waals surface area contributed by atoms with Gasteiger partial charge in [0.2, 0.25) is 5.43 Å². The Bertz CT molecular complexity index is 1460. The second-order valence-corrected chi connectivity index (χ2v) is 7.88. The predicted octanol–water partition coefficient (Wildman–Crippen LogP) is 4.59. The Morgan fingerprint density at radius 3 is 2.49 bits per heavy atom. The van der Waals surface area contributed by atoms with Gasteiger partial charge in [0.15, 0.2) is 5.69 Å². The first kappa shape index (κ1) is 23.4. The van der Waals surface area contributed by atoms with E-state index in [-0.39, 0.29) is 11.4 Å². The molecule has 35 heavy (non-hydrogen) atoms. The monoisotopic (exact) mass is 470 g/mol. The Labute approximate surface area is 200 Å². The Kier molecular flexibility index (Phi) is 6.68. The summed E-state index contributed by atoms with van der Waals surface area (Å²) in [5, 5.41) is 18.3. The van der Waals surface area contributed by atoms with E-state index in [2.05, 4.69) is 10.4 Å². The molecule has 3 aromatic carbocycles. The number of carbonyl (C=O) groups excluding carboxylic acids is 1. The number of amides is 1. The number of ether oxygens (including phenoxy) is 1. The first-order valence-electron chi connectivity index (χ1n) is 10.8. The van der Waals surface area contributed by atoms with Crippen LogP contribution in [-0.2, 0) is 6.61 Å². The number of rotatable bonds is 7. The van der Waals surface area contributed by atoms with Crippen LogP contribution in [0, 0.1) is 24.0 Å². The molecule has 1 heterocycles. The standard InChI is InChI=1S/C26H22N4O5/c1-17-12-13-20(24(14-17)35-16-19-8-4-3-5-9-19)27-26(32)25-23(31)15-18(2)29(28-25)21-10-6-7-11-22(21)30(33)34/h3-15H,16H2,1-2H3,(H,27,32). The number of nitro benzene ring substituents is 1. The number of para-hydroxylation sites is 2. The zero-order valence-corrected chi connectivity index (χ0v) is 19.1. The minimum absolute atomic E-state index is 0.145. The first-order valence-corrected chi connectivity index (χ1v) is 10.8. The minimum Gasteiger partial charge on any atom is -0.487 e. The molecule has 0 radical (unpaired) electrons. The molecule has 1 amide bonds. The van der Waals surface area contributed by atoms with Crippen molar-refractivity contribution in [2.75, 3.05) is 5.32 Å². The van der Waals surface area contributed by atoms with Gasteiger partial charge in [-0.15, -0.1) is 0 Å². The molecule has 0 unspecified atom stereocenters. The highest BCUT2D eigenvalue weighted by molar-refractivity contribution is 6.03. The van der Waals surface area contributed by atoms with Gasteiger partial charge in [0.05, 0.1) is 10.6 Å². The number of aryl methyl sites for hydroxylation is 2. The molecule has 0 bridgehead atoms. The van der Waals surface area contributed by atoms with Gasteiger partial charge < -0.3 is 10.1 Å². The summed E-state index contributed by atoms with van der Waals surface area (Å²) in [7, 11) is 0. The summed E-state index contributed by atoms with van der Waals surface area (Å²) in [6.45, 7) is 3.77. The predicted molar refractivity (Wildman–Crippen MR) is 131 cm³/mol. The SMILES string of the molecule is Cc1ccc(NC(=O)c2nn(-c3ccccc3[N+](=O)[O-])c(C)cc2=O)c(OCc2ccccc2)c1. The molecule has 9 heteroatoms. The fourth-order valence-corrected chi connectivity index (χ4v) is 3.52. The second-order valence-electron chi connectivity index (χ2n) is 7.88. The molecule has 0 aliphatic carbocycles. The molecule has 0 saturated carbocycles. The van der Waals surface area contributed by atoms with Crippen molar-refractivity contribution in [1.82, 2.24) is 9.78 Å². The topological polar surface area (TPSA) is 116 Å². The summed E-state index contributed by atoms with van der Waals surface area (Å²) < 4.78 is 7.15. The number of nitrogens with zero attached hydrogens (tertiary/aromatic N) is 3. The Hall–Kier alpha value is -4.79. The average Bonchev–Trinajstić information content (AvgIpc) is 2.84. The molecule has 0 saturated heterocycles. The molecule has 1 N–H and O–H groups in total. The summed E-state index contributed by atoms with van der Waals surface area (Å²) in [6, 6.07) is 22.0. The normalized spacial score (nSPS) is 10.6. The molecule has 176 valence electrons. The lowest BCUT2D eigenvalue weighted by molar-refractivity contribution is -0.384. The zero-order valence-electron chi connectivity index (χ0n) is 19.1. The van der Waals surface area contributed by atoms with E-state index >= 15 is 0 Å². The van der Waals surface area contributed by atoms with Crippen molar-refractivity contribution in [3.05, 3.63) is 122 Å². The van der Waals surface area contributed by atoms with E-state index in [9.17, 15) is 19.7 Å². The highest BCUT2D eigenvalue weighted by Gasteiger charge is 2.21. The molecule has 0 atom stereocenters. The smallest absolute Gasteiger partial charge is 0.294 e. The highest BCUT2D eigenvalue weighted by atomic mass is 16.6. The van der Waals surface area contributed by atoms with Gasteiger partial charge in [-0.2, -0.15) is 5.10 Å². The number of nitro groups is 1. The van der Waals surface area contributed by atoms with Crippen molar-refractivity contribution >= 4 is 17.3 Å².